The predicted molar refractivity (Wildman–Crippen MR) is 63.0 cm³/mol. The van der Waals surface area contributed by atoms with Gasteiger partial charge in [0.2, 0.25) is 0 Å². The molecule has 0 aliphatic rings. The molecule has 0 unspecified atom stereocenters. The molecule has 0 saturated carbocycles. The molecule has 0 N–H and O–H groups in total. The highest BCUT2D eigenvalue weighted by molar-refractivity contribution is 6.17. The Morgan fingerprint density at radius 2 is 2.28 bits per heavy atom. The van der Waals surface area contributed by atoms with Gasteiger partial charge in [-0.3, -0.25) is 10.1 Å². The lowest BCUT2D eigenvalue weighted by Crippen LogP contribution is -1.92. The molecule has 94 valence electrons. The molecule has 0 amide bonds. The zero-order chi connectivity index (χ0) is 13.1. The summed E-state index contributed by atoms with van der Waals surface area (Å²) < 4.78 is 18.3. The predicted octanol–water partition coefficient (Wildman–Crippen LogP) is 3.17. The van der Waals surface area contributed by atoms with Gasteiger partial charge < -0.3 is 4.42 Å². The van der Waals surface area contributed by atoms with Crippen molar-refractivity contribution in [1.82, 2.24) is 4.98 Å². The minimum absolute atomic E-state index is 0.190. The van der Waals surface area contributed by atoms with Gasteiger partial charge in [-0.05, 0) is 12.1 Å². The van der Waals surface area contributed by atoms with Crippen LogP contribution >= 0.6 is 11.6 Å². The monoisotopic (exact) mass is 270 g/mol. The van der Waals surface area contributed by atoms with E-state index in [1.165, 1.54) is 12.3 Å². The summed E-state index contributed by atoms with van der Waals surface area (Å²) in [5.41, 5.74) is -0.168. The Hall–Kier alpha value is -1.95. The first-order chi connectivity index (χ1) is 8.61. The van der Waals surface area contributed by atoms with Crippen molar-refractivity contribution in [3.05, 3.63) is 46.2 Å². The molecule has 18 heavy (non-hydrogen) atoms. The summed E-state index contributed by atoms with van der Waals surface area (Å²) in [4.78, 5) is 14.1. The highest BCUT2D eigenvalue weighted by atomic mass is 35.5. The van der Waals surface area contributed by atoms with Crippen molar-refractivity contribution in [2.75, 3.05) is 5.88 Å². The molecular formula is C11H8ClFN2O3. The van der Waals surface area contributed by atoms with E-state index in [1.807, 2.05) is 0 Å². The van der Waals surface area contributed by atoms with Crippen LogP contribution in [-0.4, -0.2) is 15.8 Å². The molecule has 2 aromatic rings. The molecule has 1 aromatic carbocycles. The Balaban J connectivity index is 2.45. The minimum Gasteiger partial charge on any atom is -0.440 e. The summed E-state index contributed by atoms with van der Waals surface area (Å²) in [5, 5.41) is 10.8. The van der Waals surface area contributed by atoms with Gasteiger partial charge in [0.15, 0.2) is 11.7 Å². The molecule has 0 atom stereocenters. The molecule has 0 aliphatic heterocycles. The number of oxazole rings is 1. The number of aromatic nitrogens is 1. The molecular weight excluding hydrogens is 263 g/mol. The van der Waals surface area contributed by atoms with Crippen molar-refractivity contribution in [1.29, 1.82) is 0 Å². The third-order valence-electron chi connectivity index (χ3n) is 2.28. The van der Waals surface area contributed by atoms with Crippen LogP contribution < -0.4 is 0 Å². The number of rotatable bonds is 4. The van der Waals surface area contributed by atoms with Gasteiger partial charge in [-0.15, -0.1) is 11.6 Å². The Bertz CT molecular complexity index is 585. The summed E-state index contributed by atoms with van der Waals surface area (Å²) in [6.45, 7) is 0. The van der Waals surface area contributed by atoms with Gasteiger partial charge in [0.25, 0.3) is 5.69 Å². The van der Waals surface area contributed by atoms with Crippen LogP contribution in [0.5, 0.6) is 0 Å². The molecule has 0 fully saturated rings. The topological polar surface area (TPSA) is 69.2 Å². The summed E-state index contributed by atoms with van der Waals surface area (Å²) >= 11 is 5.54. The van der Waals surface area contributed by atoms with Crippen molar-refractivity contribution in [2.24, 2.45) is 0 Å². The number of hydrogen-bond acceptors (Lipinski definition) is 4. The first-order valence-corrected chi connectivity index (χ1v) is 5.60. The first-order valence-electron chi connectivity index (χ1n) is 5.07. The Kier molecular flexibility index (Phi) is 3.57. The maximum Gasteiger partial charge on any atom is 0.283 e. The lowest BCUT2D eigenvalue weighted by atomic mass is 10.1. The lowest BCUT2D eigenvalue weighted by Gasteiger charge is -1.99. The van der Waals surface area contributed by atoms with E-state index in [2.05, 4.69) is 4.98 Å². The molecule has 1 heterocycles. The number of alkyl halides is 1. The second-order valence-electron chi connectivity index (χ2n) is 3.48. The normalized spacial score (nSPS) is 10.6. The van der Waals surface area contributed by atoms with Crippen LogP contribution in [0.1, 0.15) is 5.89 Å². The van der Waals surface area contributed by atoms with Gasteiger partial charge in [0, 0.05) is 12.3 Å². The van der Waals surface area contributed by atoms with Crippen LogP contribution in [0.25, 0.3) is 11.3 Å². The number of aryl methyl sites for hydroxylation is 1. The largest absolute Gasteiger partial charge is 0.440 e. The average molecular weight is 271 g/mol. The molecule has 0 radical (unpaired) electrons. The van der Waals surface area contributed by atoms with Gasteiger partial charge in [0.1, 0.15) is 5.82 Å². The van der Waals surface area contributed by atoms with E-state index >= 15 is 0 Å². The minimum atomic E-state index is -0.675. The van der Waals surface area contributed by atoms with Gasteiger partial charge in [-0.25, -0.2) is 9.37 Å². The Labute approximate surface area is 106 Å². The number of halogens is 2. The van der Waals surface area contributed by atoms with E-state index in [4.69, 9.17) is 16.0 Å². The second kappa shape index (κ2) is 5.14. The van der Waals surface area contributed by atoms with E-state index in [0.29, 0.717) is 18.2 Å². The number of nitro benzene ring substituents is 1. The van der Waals surface area contributed by atoms with Crippen LogP contribution in [0, 0.1) is 15.9 Å². The van der Waals surface area contributed by atoms with Gasteiger partial charge >= 0.3 is 0 Å². The summed E-state index contributed by atoms with van der Waals surface area (Å²) in [5.74, 6) is 0.275. The molecule has 1 aromatic heterocycles. The number of nitrogens with zero attached hydrogens (tertiary/aromatic N) is 2. The van der Waals surface area contributed by atoms with Crippen molar-refractivity contribution >= 4 is 17.3 Å². The number of benzene rings is 1. The zero-order valence-electron chi connectivity index (χ0n) is 9.10. The summed E-state index contributed by atoms with van der Waals surface area (Å²) in [7, 11) is 0. The fraction of sp³-hybridized carbons (Fsp3) is 0.182. The Morgan fingerprint density at radius 1 is 1.50 bits per heavy atom. The van der Waals surface area contributed by atoms with Crippen LogP contribution in [0.4, 0.5) is 10.1 Å². The van der Waals surface area contributed by atoms with Crippen LogP contribution in [-0.2, 0) is 6.42 Å². The molecule has 7 heteroatoms. The van der Waals surface area contributed by atoms with Crippen molar-refractivity contribution in [3.63, 3.8) is 0 Å². The van der Waals surface area contributed by atoms with Gasteiger partial charge in [-0.1, -0.05) is 0 Å². The highest BCUT2D eigenvalue weighted by Gasteiger charge is 2.19. The molecule has 5 nitrogen and oxygen atoms in total. The standard InChI is InChI=1S/C11H8ClFN2O3/c12-4-3-11-14-6-10(18-11)8-2-1-7(13)5-9(8)15(16)17/h1-2,5-6H,3-4H2. The van der Waals surface area contributed by atoms with E-state index < -0.39 is 10.7 Å². The van der Waals surface area contributed by atoms with Crippen LogP contribution in [0.15, 0.2) is 28.8 Å². The average Bonchev–Trinajstić information content (AvgIpc) is 2.78. The zero-order valence-corrected chi connectivity index (χ0v) is 9.85. The van der Waals surface area contributed by atoms with Crippen molar-refractivity contribution in [2.45, 2.75) is 6.42 Å². The van der Waals surface area contributed by atoms with Crippen molar-refractivity contribution in [3.8, 4) is 11.3 Å². The van der Waals surface area contributed by atoms with Crippen LogP contribution in [0.3, 0.4) is 0 Å². The van der Waals surface area contributed by atoms with E-state index in [1.54, 1.807) is 0 Å². The maximum atomic E-state index is 13.0. The number of hydrogen-bond donors (Lipinski definition) is 0. The Morgan fingerprint density at radius 3 is 2.94 bits per heavy atom. The van der Waals surface area contributed by atoms with Gasteiger partial charge in [0.05, 0.1) is 22.7 Å². The highest BCUT2D eigenvalue weighted by Crippen LogP contribution is 2.30. The van der Waals surface area contributed by atoms with E-state index in [0.717, 1.165) is 12.1 Å². The van der Waals surface area contributed by atoms with E-state index in [9.17, 15) is 14.5 Å². The summed E-state index contributed by atoms with van der Waals surface area (Å²) in [6, 6.07) is 3.27. The van der Waals surface area contributed by atoms with Gasteiger partial charge in [-0.2, -0.15) is 0 Å². The second-order valence-corrected chi connectivity index (χ2v) is 3.85. The van der Waals surface area contributed by atoms with E-state index in [-0.39, 0.29) is 17.0 Å². The lowest BCUT2D eigenvalue weighted by molar-refractivity contribution is -0.384. The summed E-state index contributed by atoms with van der Waals surface area (Å²) in [6.07, 6.45) is 1.79. The molecule has 0 saturated heterocycles. The maximum absolute atomic E-state index is 13.0. The molecule has 0 spiro atoms. The molecule has 2 rings (SSSR count). The fourth-order valence-electron chi connectivity index (χ4n) is 1.50. The molecule has 0 aliphatic carbocycles. The van der Waals surface area contributed by atoms with Crippen molar-refractivity contribution < 1.29 is 13.7 Å². The smallest absolute Gasteiger partial charge is 0.283 e. The third kappa shape index (κ3) is 2.48. The molecule has 0 bridgehead atoms. The number of nitro groups is 1. The first kappa shape index (κ1) is 12.5. The SMILES string of the molecule is O=[N+]([O-])c1cc(F)ccc1-c1cnc(CCCl)o1. The quantitative estimate of drug-likeness (QED) is 0.486. The third-order valence-corrected chi connectivity index (χ3v) is 2.47. The fourth-order valence-corrected chi connectivity index (χ4v) is 1.66. The van der Waals surface area contributed by atoms with Crippen LogP contribution in [0.2, 0.25) is 0 Å².